The summed E-state index contributed by atoms with van der Waals surface area (Å²) in [6.45, 7) is 6.64. The number of fused-ring (bicyclic) bond motifs is 4. The second-order valence-corrected chi connectivity index (χ2v) is 17.0. The van der Waals surface area contributed by atoms with E-state index in [4.69, 9.17) is 18.9 Å². The smallest absolute Gasteiger partial charge is 0.344 e. The highest BCUT2D eigenvalue weighted by Crippen LogP contribution is 2.68. The number of carbonyl (C=O) groups excluding carboxylic acids is 5. The third-order valence-corrected chi connectivity index (χ3v) is 14.4. The standard InChI is InChI=1S/C46H54N4O10/c1-8-28-21-29(53)24-45(41(54)58-6,37-31(15-19-49(25-28)26-51)30-13-10-11-14-34(30)47-37)33-22-32-35(23-36(33)57-5)48(4)39-44(32)17-20-50-18-12-16-43(9-2,38(44)50)40(60-27(3)52)46(39,56)42(55)59-7/h10-14,16,22-23,25-26,38-40,47,56H,8-9,15,17-21,24H2,1-7H3/b28-25-. The first-order valence-corrected chi connectivity index (χ1v) is 20.7. The monoisotopic (exact) mass is 822 g/mol. The summed E-state index contributed by atoms with van der Waals surface area (Å²) >= 11 is 0. The third-order valence-electron chi connectivity index (χ3n) is 14.4. The van der Waals surface area contributed by atoms with Crippen LogP contribution in [0.5, 0.6) is 5.75 Å². The number of aromatic amines is 1. The molecule has 1 saturated heterocycles. The Morgan fingerprint density at radius 1 is 1.02 bits per heavy atom. The average Bonchev–Trinajstić information content (AvgIpc) is 3.90. The fraction of sp³-hybridized carbons (Fsp3) is 0.500. The number of amides is 1. The number of hydrogen-bond donors (Lipinski definition) is 2. The fourth-order valence-corrected chi connectivity index (χ4v) is 12.2. The van der Waals surface area contributed by atoms with Crippen LogP contribution in [0.4, 0.5) is 5.69 Å². The molecule has 8 rings (SSSR count). The Bertz CT molecular complexity index is 2350. The van der Waals surface area contributed by atoms with Crippen molar-refractivity contribution in [1.29, 1.82) is 0 Å². The molecule has 1 aliphatic carbocycles. The van der Waals surface area contributed by atoms with Gasteiger partial charge in [0.1, 0.15) is 16.9 Å². The van der Waals surface area contributed by atoms with Crippen LogP contribution < -0.4 is 9.64 Å². The molecule has 0 bridgehead atoms. The van der Waals surface area contributed by atoms with E-state index >= 15 is 4.79 Å². The second-order valence-electron chi connectivity index (χ2n) is 17.0. The maximum atomic E-state index is 15.2. The molecule has 3 aromatic rings. The number of Topliss-reactive ketones (excluding diaryl/α,β-unsaturated/α-hetero) is 1. The number of rotatable bonds is 8. The molecule has 1 amide bonds. The van der Waals surface area contributed by atoms with E-state index in [2.05, 4.69) is 9.88 Å². The van der Waals surface area contributed by atoms with Crippen LogP contribution in [0.15, 0.2) is 60.3 Å². The van der Waals surface area contributed by atoms with Crippen molar-refractivity contribution in [2.24, 2.45) is 5.41 Å². The van der Waals surface area contributed by atoms with Gasteiger partial charge in [0, 0.05) is 96.9 Å². The van der Waals surface area contributed by atoms with Crippen LogP contribution >= 0.6 is 0 Å². The summed E-state index contributed by atoms with van der Waals surface area (Å²) in [5, 5.41) is 14.1. The van der Waals surface area contributed by atoms with Gasteiger partial charge in [-0.2, -0.15) is 0 Å². The molecule has 2 fully saturated rings. The lowest BCUT2D eigenvalue weighted by Crippen LogP contribution is -2.81. The summed E-state index contributed by atoms with van der Waals surface area (Å²) in [6.07, 6.45) is 6.60. The molecule has 7 atom stereocenters. The first-order chi connectivity index (χ1) is 28.8. The van der Waals surface area contributed by atoms with Gasteiger partial charge in [0.2, 0.25) is 12.0 Å². The van der Waals surface area contributed by atoms with Gasteiger partial charge in [0.15, 0.2) is 6.10 Å². The number of nitrogens with zero attached hydrogens (tertiary/aromatic N) is 3. The Balaban J connectivity index is 1.47. The first-order valence-electron chi connectivity index (χ1n) is 20.7. The molecule has 5 aliphatic rings. The Morgan fingerprint density at radius 3 is 2.43 bits per heavy atom. The molecule has 318 valence electrons. The van der Waals surface area contributed by atoms with E-state index < -0.39 is 51.9 Å². The summed E-state index contributed by atoms with van der Waals surface area (Å²) in [5.74, 6) is -2.22. The van der Waals surface area contributed by atoms with Crippen LogP contribution in [-0.4, -0.2) is 122 Å². The fourth-order valence-electron chi connectivity index (χ4n) is 12.2. The zero-order valence-electron chi connectivity index (χ0n) is 35.3. The van der Waals surface area contributed by atoms with E-state index in [0.29, 0.717) is 55.7 Å². The van der Waals surface area contributed by atoms with Gasteiger partial charge in [-0.25, -0.2) is 4.79 Å². The largest absolute Gasteiger partial charge is 0.496 e. The van der Waals surface area contributed by atoms with Crippen LogP contribution in [-0.2, 0) is 55.4 Å². The number of carbonyl (C=O) groups is 5. The minimum Gasteiger partial charge on any atom is -0.496 e. The molecule has 1 aromatic heterocycles. The first kappa shape index (κ1) is 41.3. The van der Waals surface area contributed by atoms with Gasteiger partial charge in [0.05, 0.1) is 27.4 Å². The molecule has 2 N–H and O–H groups in total. The van der Waals surface area contributed by atoms with Crippen LogP contribution in [0.25, 0.3) is 10.9 Å². The summed E-state index contributed by atoms with van der Waals surface area (Å²) in [5.41, 5.74) is -1.78. The van der Waals surface area contributed by atoms with Gasteiger partial charge < -0.3 is 38.8 Å². The summed E-state index contributed by atoms with van der Waals surface area (Å²) in [6, 6.07) is 10.0. The molecule has 14 nitrogen and oxygen atoms in total. The number of hydrogen-bond acceptors (Lipinski definition) is 12. The Kier molecular flexibility index (Phi) is 10.3. The van der Waals surface area contributed by atoms with Gasteiger partial charge in [-0.15, -0.1) is 0 Å². The van der Waals surface area contributed by atoms with Crippen LogP contribution in [0.2, 0.25) is 0 Å². The number of nitrogens with one attached hydrogen (secondary N) is 1. The summed E-state index contributed by atoms with van der Waals surface area (Å²) in [4.78, 5) is 78.9. The lowest BCUT2D eigenvalue weighted by Gasteiger charge is -2.63. The molecule has 1 saturated carbocycles. The molecule has 1 spiro atoms. The number of para-hydroxylation sites is 1. The van der Waals surface area contributed by atoms with E-state index in [0.717, 1.165) is 34.0 Å². The van der Waals surface area contributed by atoms with Crippen molar-refractivity contribution in [2.45, 2.75) is 93.9 Å². The lowest BCUT2D eigenvalue weighted by molar-refractivity contribution is -0.228. The third kappa shape index (κ3) is 5.48. The van der Waals surface area contributed by atoms with E-state index in [-0.39, 0.29) is 37.0 Å². The predicted octanol–water partition coefficient (Wildman–Crippen LogP) is 4.24. The number of ether oxygens (including phenoxy) is 4. The van der Waals surface area contributed by atoms with E-state index in [1.54, 1.807) is 18.1 Å². The molecule has 60 heavy (non-hydrogen) atoms. The van der Waals surface area contributed by atoms with Gasteiger partial charge in [-0.3, -0.25) is 24.1 Å². The lowest BCUT2D eigenvalue weighted by atomic mass is 9.47. The molecule has 7 unspecified atom stereocenters. The van der Waals surface area contributed by atoms with Crippen LogP contribution in [0.1, 0.15) is 75.3 Å². The molecule has 2 aromatic carbocycles. The average molecular weight is 823 g/mol. The van der Waals surface area contributed by atoms with Crippen molar-refractivity contribution in [2.75, 3.05) is 52.9 Å². The van der Waals surface area contributed by atoms with Crippen molar-refractivity contribution in [3.63, 3.8) is 0 Å². The highest BCUT2D eigenvalue weighted by Gasteiger charge is 2.80. The van der Waals surface area contributed by atoms with Crippen molar-refractivity contribution in [1.82, 2.24) is 14.8 Å². The number of aliphatic hydroxyl groups is 1. The highest BCUT2D eigenvalue weighted by molar-refractivity contribution is 5.99. The Hall–Kier alpha value is -5.47. The van der Waals surface area contributed by atoms with Crippen LogP contribution in [0.3, 0.4) is 0 Å². The number of H-pyrrole nitrogens is 1. The number of ketones is 1. The van der Waals surface area contributed by atoms with Gasteiger partial charge in [-0.05, 0) is 61.1 Å². The van der Waals surface area contributed by atoms with Crippen molar-refractivity contribution < 1.29 is 48.0 Å². The zero-order valence-corrected chi connectivity index (χ0v) is 35.3. The van der Waals surface area contributed by atoms with E-state index in [9.17, 15) is 24.3 Å². The molecule has 4 aliphatic heterocycles. The highest BCUT2D eigenvalue weighted by atomic mass is 16.6. The summed E-state index contributed by atoms with van der Waals surface area (Å²) in [7, 11) is 5.83. The maximum absolute atomic E-state index is 15.2. The van der Waals surface area contributed by atoms with Crippen molar-refractivity contribution in [3.05, 3.63) is 82.7 Å². The van der Waals surface area contributed by atoms with E-state index in [1.807, 2.05) is 67.3 Å². The molecule has 14 heteroatoms. The minimum absolute atomic E-state index is 0.0107. The SMILES string of the molecule is CC/C1=C/N(C=O)CCc2c([nH]c3ccccc23)C(C(=O)OC)(c2cc3c(cc2OC)N(C)C2C(O)(C(=O)OC)C(OC(C)=O)C4(CC)C=CCN5CCC32C54)CC(=O)C1. The predicted molar refractivity (Wildman–Crippen MR) is 221 cm³/mol. The topological polar surface area (TPSA) is 168 Å². The molecule has 5 heterocycles. The maximum Gasteiger partial charge on any atom is 0.344 e. The van der Waals surface area contributed by atoms with Crippen LogP contribution in [0, 0.1) is 5.41 Å². The van der Waals surface area contributed by atoms with Crippen molar-refractivity contribution in [3.8, 4) is 5.75 Å². The number of methoxy groups -OCH3 is 3. The quantitative estimate of drug-likeness (QED) is 0.144. The van der Waals surface area contributed by atoms with Crippen molar-refractivity contribution >= 4 is 46.7 Å². The number of anilines is 1. The van der Waals surface area contributed by atoms with Gasteiger partial charge >= 0.3 is 17.9 Å². The number of benzene rings is 2. The number of esters is 3. The second kappa shape index (κ2) is 14.9. The molecule has 0 radical (unpaired) electrons. The normalized spacial score (nSPS) is 31.8. The molecular formula is C46H54N4O10. The minimum atomic E-state index is -2.37. The Morgan fingerprint density at radius 2 is 1.77 bits per heavy atom. The summed E-state index contributed by atoms with van der Waals surface area (Å²) < 4.78 is 23.6. The van der Waals surface area contributed by atoms with Gasteiger partial charge in [-0.1, -0.05) is 44.2 Å². The molecular weight excluding hydrogens is 769 g/mol. The Labute approximate surface area is 349 Å². The number of likely N-dealkylation sites (N-methyl/N-ethyl adjacent to an activating group) is 1. The van der Waals surface area contributed by atoms with E-state index in [1.165, 1.54) is 28.3 Å². The number of aromatic nitrogens is 1. The zero-order chi connectivity index (χ0) is 42.9. The van der Waals surface area contributed by atoms with Gasteiger partial charge in [0.25, 0.3) is 0 Å². The number of allylic oxidation sites excluding steroid dienone is 1.